The van der Waals surface area contributed by atoms with Crippen LogP contribution in [0.4, 0.5) is 4.79 Å². The van der Waals surface area contributed by atoms with E-state index in [1.165, 1.54) is 0 Å². The quantitative estimate of drug-likeness (QED) is 0.666. The van der Waals surface area contributed by atoms with Crippen LogP contribution in [0.2, 0.25) is 0 Å². The molecule has 0 saturated heterocycles. The highest BCUT2D eigenvalue weighted by Gasteiger charge is 2.10. The molecule has 0 saturated carbocycles. The number of aliphatic hydroxyl groups excluding tert-OH is 1. The van der Waals surface area contributed by atoms with Crippen molar-refractivity contribution in [1.82, 2.24) is 20.8 Å². The van der Waals surface area contributed by atoms with Gasteiger partial charge in [0.25, 0.3) is 0 Å². The van der Waals surface area contributed by atoms with Crippen LogP contribution < -0.4 is 10.6 Å². The molecule has 3 N–H and O–H groups in total. The van der Waals surface area contributed by atoms with Crippen LogP contribution in [0.25, 0.3) is 0 Å². The van der Waals surface area contributed by atoms with Crippen molar-refractivity contribution in [2.75, 3.05) is 13.1 Å². The molecule has 1 aromatic heterocycles. The monoisotopic (exact) mass is 284 g/mol. The van der Waals surface area contributed by atoms with Gasteiger partial charge in [0, 0.05) is 25.4 Å². The van der Waals surface area contributed by atoms with Crippen LogP contribution in [-0.4, -0.2) is 40.5 Å². The number of hydrogen-bond acceptors (Lipinski definition) is 5. The number of amides is 2. The summed E-state index contributed by atoms with van der Waals surface area (Å²) in [6, 6.07) is -0.302. The molecule has 0 radical (unpaired) electrons. The van der Waals surface area contributed by atoms with Crippen molar-refractivity contribution >= 4 is 6.03 Å². The van der Waals surface area contributed by atoms with E-state index in [0.717, 1.165) is 6.42 Å². The predicted molar refractivity (Wildman–Crippen MR) is 74.4 cm³/mol. The predicted octanol–water partition coefficient (Wildman–Crippen LogP) is 1.20. The molecule has 0 fully saturated rings. The maximum atomic E-state index is 11.5. The average molecular weight is 284 g/mol. The summed E-state index contributed by atoms with van der Waals surface area (Å²) < 4.78 is 5.07. The fraction of sp³-hybridized carbons (Fsp3) is 0.769. The number of nitrogens with zero attached hydrogens (tertiary/aromatic N) is 2. The highest BCUT2D eigenvalue weighted by atomic mass is 16.5. The second-order valence-electron chi connectivity index (χ2n) is 5.03. The average Bonchev–Trinajstić information content (AvgIpc) is 2.86. The van der Waals surface area contributed by atoms with E-state index >= 15 is 0 Å². The molecule has 0 aliphatic rings. The van der Waals surface area contributed by atoms with Gasteiger partial charge in [-0.3, -0.25) is 0 Å². The molecular weight excluding hydrogens is 260 g/mol. The van der Waals surface area contributed by atoms with Crippen LogP contribution in [0.5, 0.6) is 0 Å². The third kappa shape index (κ3) is 6.01. The lowest BCUT2D eigenvalue weighted by Gasteiger charge is -2.11. The van der Waals surface area contributed by atoms with Gasteiger partial charge in [-0.2, -0.15) is 4.98 Å². The van der Waals surface area contributed by atoms with E-state index in [-0.39, 0.29) is 18.5 Å². The van der Waals surface area contributed by atoms with Crippen molar-refractivity contribution in [2.24, 2.45) is 0 Å². The van der Waals surface area contributed by atoms with E-state index < -0.39 is 6.10 Å². The number of aromatic nitrogens is 2. The molecule has 1 heterocycles. The minimum Gasteiger partial charge on any atom is -0.391 e. The number of carbonyl (C=O) groups excluding carboxylic acids is 1. The minimum absolute atomic E-state index is 0.226. The van der Waals surface area contributed by atoms with E-state index in [4.69, 9.17) is 4.52 Å². The van der Waals surface area contributed by atoms with Gasteiger partial charge in [-0.25, -0.2) is 4.79 Å². The van der Waals surface area contributed by atoms with E-state index in [9.17, 15) is 9.90 Å². The van der Waals surface area contributed by atoms with Crippen molar-refractivity contribution in [3.63, 3.8) is 0 Å². The van der Waals surface area contributed by atoms with Crippen LogP contribution in [-0.2, 0) is 6.42 Å². The van der Waals surface area contributed by atoms with Gasteiger partial charge in [-0.1, -0.05) is 32.3 Å². The standard InChI is InChI=1S/C13H24N4O3/c1-4-5-10(18)8-15-13(19)14-7-6-11-16-12(9(2)3)17-20-11/h9-10,18H,4-8H2,1-3H3,(H2,14,15,19). The van der Waals surface area contributed by atoms with Crippen LogP contribution in [0.15, 0.2) is 4.52 Å². The second-order valence-corrected chi connectivity index (χ2v) is 5.03. The minimum atomic E-state index is -0.490. The summed E-state index contributed by atoms with van der Waals surface area (Å²) in [5.74, 6) is 1.41. The molecule has 20 heavy (non-hydrogen) atoms. The third-order valence-corrected chi connectivity index (χ3v) is 2.74. The molecular formula is C13H24N4O3. The summed E-state index contributed by atoms with van der Waals surface area (Å²) in [6.07, 6.45) is 1.57. The Kier molecular flexibility index (Phi) is 7.00. The Morgan fingerprint density at radius 2 is 2.15 bits per heavy atom. The summed E-state index contributed by atoms with van der Waals surface area (Å²) in [5, 5.41) is 18.6. The van der Waals surface area contributed by atoms with E-state index in [2.05, 4.69) is 20.8 Å². The number of hydrogen-bond donors (Lipinski definition) is 3. The number of rotatable bonds is 8. The lowest BCUT2D eigenvalue weighted by molar-refractivity contribution is 0.160. The molecule has 0 aliphatic carbocycles. The van der Waals surface area contributed by atoms with E-state index in [1.54, 1.807) is 0 Å². The summed E-state index contributed by atoms with van der Waals surface area (Å²) in [4.78, 5) is 15.7. The summed E-state index contributed by atoms with van der Waals surface area (Å²) in [6.45, 7) is 6.64. The van der Waals surface area contributed by atoms with Crippen LogP contribution in [0, 0.1) is 0 Å². The van der Waals surface area contributed by atoms with Crippen molar-refractivity contribution in [3.8, 4) is 0 Å². The molecule has 1 atom stereocenters. The summed E-state index contributed by atoms with van der Waals surface area (Å²) in [5.41, 5.74) is 0. The molecule has 7 nitrogen and oxygen atoms in total. The second kappa shape index (κ2) is 8.52. The summed E-state index contributed by atoms with van der Waals surface area (Å²) >= 11 is 0. The lowest BCUT2D eigenvalue weighted by Crippen LogP contribution is -2.40. The van der Waals surface area contributed by atoms with Crippen molar-refractivity contribution in [3.05, 3.63) is 11.7 Å². The van der Waals surface area contributed by atoms with Gasteiger partial charge in [0.2, 0.25) is 5.89 Å². The van der Waals surface area contributed by atoms with Gasteiger partial charge in [0.05, 0.1) is 6.10 Å². The highest BCUT2D eigenvalue weighted by Crippen LogP contribution is 2.09. The fourth-order valence-corrected chi connectivity index (χ4v) is 1.60. The van der Waals surface area contributed by atoms with E-state index in [1.807, 2.05) is 20.8 Å². The first-order valence-corrected chi connectivity index (χ1v) is 7.05. The zero-order chi connectivity index (χ0) is 15.0. The molecule has 0 aromatic carbocycles. The normalized spacial score (nSPS) is 12.4. The number of urea groups is 1. The number of nitrogens with one attached hydrogen (secondary N) is 2. The molecule has 0 aliphatic heterocycles. The van der Waals surface area contributed by atoms with Gasteiger partial charge >= 0.3 is 6.03 Å². The maximum absolute atomic E-state index is 11.5. The first-order valence-electron chi connectivity index (χ1n) is 7.05. The molecule has 1 rings (SSSR count). The van der Waals surface area contributed by atoms with E-state index in [0.29, 0.717) is 31.1 Å². The number of carbonyl (C=O) groups is 1. The van der Waals surface area contributed by atoms with Crippen LogP contribution >= 0.6 is 0 Å². The van der Waals surface area contributed by atoms with Crippen LogP contribution in [0.1, 0.15) is 51.2 Å². The Balaban J connectivity index is 2.18. The largest absolute Gasteiger partial charge is 0.391 e. The molecule has 114 valence electrons. The Labute approximate surface area is 119 Å². The molecule has 1 aromatic rings. The number of aliphatic hydroxyl groups is 1. The molecule has 2 amide bonds. The Morgan fingerprint density at radius 3 is 2.75 bits per heavy atom. The maximum Gasteiger partial charge on any atom is 0.314 e. The molecule has 7 heteroatoms. The zero-order valence-electron chi connectivity index (χ0n) is 12.3. The Bertz CT molecular complexity index is 406. The van der Waals surface area contributed by atoms with Crippen molar-refractivity contribution in [2.45, 2.75) is 52.1 Å². The van der Waals surface area contributed by atoms with Crippen LogP contribution in [0.3, 0.4) is 0 Å². The van der Waals surface area contributed by atoms with Gasteiger partial charge in [-0.15, -0.1) is 0 Å². The SMILES string of the molecule is CCCC(O)CNC(=O)NCCc1nc(C(C)C)no1. The highest BCUT2D eigenvalue weighted by molar-refractivity contribution is 5.73. The molecule has 0 bridgehead atoms. The van der Waals surface area contributed by atoms with Gasteiger partial charge in [0.1, 0.15) is 0 Å². The van der Waals surface area contributed by atoms with Gasteiger partial charge in [0.15, 0.2) is 5.82 Å². The Morgan fingerprint density at radius 1 is 1.40 bits per heavy atom. The fourth-order valence-electron chi connectivity index (χ4n) is 1.60. The first-order chi connectivity index (χ1) is 9.52. The topological polar surface area (TPSA) is 100 Å². The zero-order valence-corrected chi connectivity index (χ0v) is 12.3. The summed E-state index contributed by atoms with van der Waals surface area (Å²) in [7, 11) is 0. The first kappa shape index (κ1) is 16.4. The molecule has 0 spiro atoms. The van der Waals surface area contributed by atoms with Gasteiger partial charge < -0.3 is 20.3 Å². The lowest BCUT2D eigenvalue weighted by atomic mass is 10.2. The Hall–Kier alpha value is -1.63. The smallest absolute Gasteiger partial charge is 0.314 e. The van der Waals surface area contributed by atoms with Crippen molar-refractivity contribution < 1.29 is 14.4 Å². The molecule has 1 unspecified atom stereocenters. The van der Waals surface area contributed by atoms with Crippen molar-refractivity contribution in [1.29, 1.82) is 0 Å². The van der Waals surface area contributed by atoms with Gasteiger partial charge in [-0.05, 0) is 6.42 Å². The third-order valence-electron chi connectivity index (χ3n) is 2.74.